The number of carboxylic acid groups (broad SMARTS) is 1. The maximum atomic E-state index is 13.3. The topological polar surface area (TPSA) is 125 Å². The van der Waals surface area contributed by atoms with Crippen LogP contribution in [0.25, 0.3) is 0 Å². The highest BCUT2D eigenvalue weighted by atomic mass is 16.6. The van der Waals surface area contributed by atoms with Gasteiger partial charge in [0.25, 0.3) is 0 Å². The Balaban J connectivity index is 1.67. The highest BCUT2D eigenvalue weighted by Crippen LogP contribution is 2.24. The fourth-order valence-corrected chi connectivity index (χ4v) is 4.65. The van der Waals surface area contributed by atoms with Gasteiger partial charge < -0.3 is 24.8 Å². The Hall–Kier alpha value is -3.14. The van der Waals surface area contributed by atoms with Crippen LogP contribution < -0.4 is 5.32 Å². The molecule has 2 aliphatic rings. The fraction of sp³-hybridized carbons (Fsp3) is 0.615. The molecule has 2 heterocycles. The summed E-state index contributed by atoms with van der Waals surface area (Å²) in [6.07, 6.45) is 0.676. The largest absolute Gasteiger partial charge is 0.465 e. The van der Waals surface area contributed by atoms with Crippen molar-refractivity contribution >= 4 is 23.9 Å². The number of nitrogens with one attached hydrogen (secondary N) is 1. The van der Waals surface area contributed by atoms with E-state index in [9.17, 15) is 24.3 Å². The van der Waals surface area contributed by atoms with Gasteiger partial charge in [-0.3, -0.25) is 14.5 Å². The minimum atomic E-state index is -1.19. The number of benzene rings is 1. The van der Waals surface area contributed by atoms with Gasteiger partial charge in [0.2, 0.25) is 5.91 Å². The van der Waals surface area contributed by atoms with Gasteiger partial charge in [-0.05, 0) is 51.2 Å². The van der Waals surface area contributed by atoms with Crippen molar-refractivity contribution in [1.82, 2.24) is 15.1 Å². The second kappa shape index (κ2) is 11.7. The number of hydrogen-bond acceptors (Lipinski definition) is 7. The maximum absolute atomic E-state index is 13.3. The lowest BCUT2D eigenvalue weighted by Gasteiger charge is -2.35. The number of hydrogen-bond donors (Lipinski definition) is 2. The summed E-state index contributed by atoms with van der Waals surface area (Å²) < 4.78 is 10.8. The third kappa shape index (κ3) is 7.68. The second-order valence-electron chi connectivity index (χ2n) is 10.4. The van der Waals surface area contributed by atoms with Crippen molar-refractivity contribution in [3.8, 4) is 0 Å². The molecule has 0 radical (unpaired) electrons. The zero-order valence-electron chi connectivity index (χ0n) is 21.5. The van der Waals surface area contributed by atoms with Crippen LogP contribution in [0.1, 0.15) is 58.1 Å². The molecule has 1 unspecified atom stereocenters. The lowest BCUT2D eigenvalue weighted by molar-refractivity contribution is -0.159. The van der Waals surface area contributed by atoms with E-state index in [1.807, 2.05) is 24.3 Å². The van der Waals surface area contributed by atoms with E-state index in [1.54, 1.807) is 20.8 Å². The lowest BCUT2D eigenvalue weighted by Crippen LogP contribution is -2.56. The summed E-state index contributed by atoms with van der Waals surface area (Å²) in [6, 6.07) is 5.58. The van der Waals surface area contributed by atoms with Crippen LogP contribution in [0, 0.1) is 0 Å². The van der Waals surface area contributed by atoms with Gasteiger partial charge in [-0.15, -0.1) is 0 Å². The van der Waals surface area contributed by atoms with Crippen LogP contribution >= 0.6 is 0 Å². The molecule has 2 N–H and O–H groups in total. The van der Waals surface area contributed by atoms with Crippen LogP contribution in [0.4, 0.5) is 4.79 Å². The summed E-state index contributed by atoms with van der Waals surface area (Å²) in [4.78, 5) is 52.7. The van der Waals surface area contributed by atoms with Gasteiger partial charge in [0.1, 0.15) is 23.8 Å². The number of piperidine rings is 1. The molecule has 2 amide bonds. The van der Waals surface area contributed by atoms with Crippen LogP contribution in [-0.2, 0) is 36.8 Å². The number of ether oxygens (including phenoxy) is 2. The first-order chi connectivity index (χ1) is 16.9. The van der Waals surface area contributed by atoms with Crippen molar-refractivity contribution < 1.29 is 33.8 Å². The van der Waals surface area contributed by atoms with Crippen molar-refractivity contribution in [2.75, 3.05) is 19.6 Å². The van der Waals surface area contributed by atoms with Crippen LogP contribution in [0.3, 0.4) is 0 Å². The Labute approximate surface area is 211 Å². The van der Waals surface area contributed by atoms with E-state index in [1.165, 1.54) is 6.92 Å². The number of fused-ring (bicyclic) bond motifs is 1. The zero-order chi connectivity index (χ0) is 26.5. The zero-order valence-corrected chi connectivity index (χ0v) is 21.5. The molecule has 1 aromatic rings. The first kappa shape index (κ1) is 27.4. The molecule has 10 nitrogen and oxygen atoms in total. The second-order valence-corrected chi connectivity index (χ2v) is 10.4. The molecule has 0 aromatic heterocycles. The van der Waals surface area contributed by atoms with Gasteiger partial charge in [-0.2, -0.15) is 0 Å². The highest BCUT2D eigenvalue weighted by molar-refractivity contribution is 5.90. The van der Waals surface area contributed by atoms with Crippen molar-refractivity contribution in [3.05, 3.63) is 35.4 Å². The normalized spacial score (nSPS) is 19.7. The Morgan fingerprint density at radius 2 is 1.75 bits per heavy atom. The summed E-state index contributed by atoms with van der Waals surface area (Å²) in [6.45, 7) is 8.73. The standard InChI is InChI=1S/C26H37N3O7/c1-17(30)35-20-9-12-28(13-10-20)14-11-21(24(32)36-26(2,3)4)27-23(31)22-15-18-7-5-6-8-19(18)16-29(22)25(33)34/h5-8,20-22H,9-16H2,1-4H3,(H,27,31)(H,33,34)/t21?,22-/m0/s1. The van der Waals surface area contributed by atoms with E-state index in [0.717, 1.165) is 16.0 Å². The number of likely N-dealkylation sites (tertiary alicyclic amines) is 1. The molecule has 0 aliphatic carbocycles. The molecule has 0 saturated carbocycles. The summed E-state index contributed by atoms with van der Waals surface area (Å²) in [5.41, 5.74) is 1.05. The highest BCUT2D eigenvalue weighted by Gasteiger charge is 2.37. The number of carbonyl (C=O) groups excluding carboxylic acids is 3. The Morgan fingerprint density at radius 3 is 2.33 bits per heavy atom. The predicted octanol–water partition coefficient (Wildman–Crippen LogP) is 2.34. The molecule has 2 atom stereocenters. The van der Waals surface area contributed by atoms with Gasteiger partial charge in [0.15, 0.2) is 0 Å². The molecule has 1 saturated heterocycles. The Bertz CT molecular complexity index is 967. The van der Waals surface area contributed by atoms with Crippen LogP contribution in [0.15, 0.2) is 24.3 Å². The predicted molar refractivity (Wildman–Crippen MR) is 131 cm³/mol. The van der Waals surface area contributed by atoms with E-state index in [4.69, 9.17) is 9.47 Å². The van der Waals surface area contributed by atoms with E-state index in [-0.39, 0.29) is 25.0 Å². The third-order valence-corrected chi connectivity index (χ3v) is 6.41. The minimum Gasteiger partial charge on any atom is -0.465 e. The average Bonchev–Trinajstić information content (AvgIpc) is 2.80. The minimum absolute atomic E-state index is 0.101. The van der Waals surface area contributed by atoms with E-state index < -0.39 is 35.7 Å². The number of amides is 2. The molecule has 1 fully saturated rings. The molecule has 198 valence electrons. The first-order valence-electron chi connectivity index (χ1n) is 12.4. The number of rotatable bonds is 7. The van der Waals surface area contributed by atoms with Crippen LogP contribution in [0.2, 0.25) is 0 Å². The maximum Gasteiger partial charge on any atom is 0.408 e. The molecule has 2 aliphatic heterocycles. The van der Waals surface area contributed by atoms with Crippen molar-refractivity contribution in [1.29, 1.82) is 0 Å². The number of esters is 2. The molecule has 3 rings (SSSR count). The molecule has 10 heteroatoms. The van der Waals surface area contributed by atoms with E-state index >= 15 is 0 Å². The van der Waals surface area contributed by atoms with E-state index in [0.29, 0.717) is 38.9 Å². The van der Waals surface area contributed by atoms with Crippen LogP contribution in [0.5, 0.6) is 0 Å². The van der Waals surface area contributed by atoms with Gasteiger partial charge in [-0.1, -0.05) is 24.3 Å². The van der Waals surface area contributed by atoms with Crippen molar-refractivity contribution in [2.24, 2.45) is 0 Å². The first-order valence-corrected chi connectivity index (χ1v) is 12.4. The summed E-state index contributed by atoms with van der Waals surface area (Å²) in [7, 11) is 0. The molecule has 36 heavy (non-hydrogen) atoms. The summed E-state index contributed by atoms with van der Waals surface area (Å²) in [5.74, 6) is -1.36. The number of nitrogens with zero attached hydrogens (tertiary/aromatic N) is 2. The van der Waals surface area contributed by atoms with Gasteiger partial charge in [0, 0.05) is 33.0 Å². The van der Waals surface area contributed by atoms with Gasteiger partial charge in [-0.25, -0.2) is 9.59 Å². The molecule has 0 bridgehead atoms. The van der Waals surface area contributed by atoms with Gasteiger partial charge in [0.05, 0.1) is 6.54 Å². The fourth-order valence-electron chi connectivity index (χ4n) is 4.65. The third-order valence-electron chi connectivity index (χ3n) is 6.41. The number of carbonyl (C=O) groups is 4. The quantitative estimate of drug-likeness (QED) is 0.543. The van der Waals surface area contributed by atoms with Crippen LogP contribution in [-0.4, -0.2) is 82.3 Å². The average molecular weight is 504 g/mol. The summed E-state index contributed by atoms with van der Waals surface area (Å²) in [5, 5.41) is 12.5. The van der Waals surface area contributed by atoms with Crippen molar-refractivity contribution in [2.45, 2.75) is 83.7 Å². The van der Waals surface area contributed by atoms with Gasteiger partial charge >= 0.3 is 18.0 Å². The Kier molecular flexibility index (Phi) is 8.94. The van der Waals surface area contributed by atoms with Crippen molar-refractivity contribution in [3.63, 3.8) is 0 Å². The molecule has 0 spiro atoms. The Morgan fingerprint density at radius 1 is 1.11 bits per heavy atom. The lowest BCUT2D eigenvalue weighted by atomic mass is 9.93. The molecule has 1 aromatic carbocycles. The summed E-state index contributed by atoms with van der Waals surface area (Å²) >= 11 is 0. The van der Waals surface area contributed by atoms with E-state index in [2.05, 4.69) is 10.2 Å². The SMILES string of the molecule is CC(=O)OC1CCN(CCC(NC(=O)[C@@H]2Cc3ccccc3CN2C(=O)O)C(=O)OC(C)(C)C)CC1. The smallest absolute Gasteiger partial charge is 0.408 e. The molecular formula is C26H37N3O7. The monoisotopic (exact) mass is 503 g/mol. The molecular weight excluding hydrogens is 466 g/mol.